The van der Waals surface area contributed by atoms with Crippen LogP contribution in [0.5, 0.6) is 0 Å². The highest BCUT2D eigenvalue weighted by atomic mass is 16.2. The molecule has 0 bridgehead atoms. The second-order valence-corrected chi connectivity index (χ2v) is 4.93. The summed E-state index contributed by atoms with van der Waals surface area (Å²) >= 11 is 0. The molecule has 1 amide bonds. The number of hydrogen-bond acceptors (Lipinski definition) is 3. The highest BCUT2D eigenvalue weighted by molar-refractivity contribution is 5.97. The molecule has 4 nitrogen and oxygen atoms in total. The maximum absolute atomic E-state index is 12.7. The van der Waals surface area contributed by atoms with Crippen LogP contribution in [0.3, 0.4) is 0 Å². The number of amides is 1. The van der Waals surface area contributed by atoms with Gasteiger partial charge in [-0.05, 0) is 25.3 Å². The Bertz CT molecular complexity index is 527. The summed E-state index contributed by atoms with van der Waals surface area (Å²) in [6, 6.07) is 2.13. The second-order valence-electron chi connectivity index (χ2n) is 4.93. The summed E-state index contributed by atoms with van der Waals surface area (Å²) < 4.78 is 0. The molecule has 1 saturated carbocycles. The van der Waals surface area contributed by atoms with Crippen molar-refractivity contribution >= 4 is 5.91 Å². The first kappa shape index (κ1) is 14.5. The summed E-state index contributed by atoms with van der Waals surface area (Å²) in [4.78, 5) is 18.6. The molecule has 0 aromatic carbocycles. The van der Waals surface area contributed by atoms with Gasteiger partial charge in [-0.3, -0.25) is 9.78 Å². The van der Waals surface area contributed by atoms with Gasteiger partial charge in [0.25, 0.3) is 5.91 Å². The highest BCUT2D eigenvalue weighted by Crippen LogP contribution is 2.28. The van der Waals surface area contributed by atoms with E-state index in [1.807, 2.05) is 4.90 Å². The van der Waals surface area contributed by atoms with Crippen LogP contribution >= 0.6 is 0 Å². The van der Waals surface area contributed by atoms with E-state index in [0.717, 1.165) is 25.8 Å². The molecule has 20 heavy (non-hydrogen) atoms. The number of rotatable bonds is 5. The molecule has 1 aromatic rings. The molecule has 0 saturated heterocycles. The van der Waals surface area contributed by atoms with Gasteiger partial charge in [-0.1, -0.05) is 18.8 Å². The summed E-state index contributed by atoms with van der Waals surface area (Å²) in [5.74, 6) is 5.83. The molecule has 1 aromatic heterocycles. The van der Waals surface area contributed by atoms with Crippen molar-refractivity contribution < 1.29 is 9.90 Å². The van der Waals surface area contributed by atoms with E-state index in [0.29, 0.717) is 23.6 Å². The molecular formula is C16H20N2O2. The molecule has 4 heteroatoms. The van der Waals surface area contributed by atoms with Crippen LogP contribution in [0.25, 0.3) is 0 Å². The van der Waals surface area contributed by atoms with Crippen molar-refractivity contribution in [1.82, 2.24) is 9.88 Å². The number of aliphatic hydroxyl groups is 1. The Morgan fingerprint density at radius 3 is 3.00 bits per heavy atom. The topological polar surface area (TPSA) is 53.4 Å². The molecular weight excluding hydrogens is 252 g/mol. The summed E-state index contributed by atoms with van der Waals surface area (Å²) in [6.07, 6.45) is 6.81. The van der Waals surface area contributed by atoms with Crippen molar-refractivity contribution in [2.45, 2.75) is 38.6 Å². The van der Waals surface area contributed by atoms with Crippen LogP contribution in [0.15, 0.2) is 18.5 Å². The van der Waals surface area contributed by atoms with Crippen LogP contribution in [0.1, 0.15) is 48.5 Å². The van der Waals surface area contributed by atoms with E-state index in [1.54, 1.807) is 18.5 Å². The third kappa shape index (κ3) is 3.58. The third-order valence-electron chi connectivity index (χ3n) is 3.22. The highest BCUT2D eigenvalue weighted by Gasteiger charge is 2.32. The maximum Gasteiger partial charge on any atom is 0.255 e. The Balaban J connectivity index is 2.22. The van der Waals surface area contributed by atoms with Crippen LogP contribution in [0.2, 0.25) is 0 Å². The van der Waals surface area contributed by atoms with Gasteiger partial charge in [-0.2, -0.15) is 0 Å². The van der Waals surface area contributed by atoms with Crippen molar-refractivity contribution in [2.24, 2.45) is 0 Å². The molecule has 1 aliphatic rings. The predicted octanol–water partition coefficient (Wildman–Crippen LogP) is 1.83. The lowest BCUT2D eigenvalue weighted by molar-refractivity contribution is 0.0742. The molecule has 0 unspecified atom stereocenters. The van der Waals surface area contributed by atoms with Crippen molar-refractivity contribution in [3.63, 3.8) is 0 Å². The minimum absolute atomic E-state index is 0.0283. The second kappa shape index (κ2) is 7.06. The van der Waals surface area contributed by atoms with Gasteiger partial charge in [-0.25, -0.2) is 0 Å². The normalized spacial score (nSPS) is 13.5. The molecule has 1 aliphatic carbocycles. The third-order valence-corrected chi connectivity index (χ3v) is 3.22. The smallest absolute Gasteiger partial charge is 0.255 e. The Morgan fingerprint density at radius 1 is 1.55 bits per heavy atom. The zero-order valence-corrected chi connectivity index (χ0v) is 11.8. The van der Waals surface area contributed by atoms with Crippen LogP contribution in [0.4, 0.5) is 0 Å². The number of aromatic nitrogens is 1. The molecule has 2 rings (SSSR count). The number of aliphatic hydroxyl groups excluding tert-OH is 1. The SMILES string of the molecule is CCCN(C(=O)c1ccncc1C#CCCO)C1CC1. The first-order valence-electron chi connectivity index (χ1n) is 7.12. The first-order chi connectivity index (χ1) is 9.77. The Kier molecular flexibility index (Phi) is 5.14. The lowest BCUT2D eigenvalue weighted by atomic mass is 10.1. The van der Waals surface area contributed by atoms with Crippen LogP contribution in [0, 0.1) is 11.8 Å². The molecule has 1 heterocycles. The Hall–Kier alpha value is -1.86. The quantitative estimate of drug-likeness (QED) is 0.832. The van der Waals surface area contributed by atoms with Gasteiger partial charge < -0.3 is 10.0 Å². The van der Waals surface area contributed by atoms with Gasteiger partial charge in [0.15, 0.2) is 0 Å². The monoisotopic (exact) mass is 272 g/mol. The number of hydrogen-bond donors (Lipinski definition) is 1. The van der Waals surface area contributed by atoms with Crippen LogP contribution < -0.4 is 0 Å². The Morgan fingerprint density at radius 2 is 2.35 bits per heavy atom. The predicted molar refractivity (Wildman–Crippen MR) is 77.2 cm³/mol. The van der Waals surface area contributed by atoms with Gasteiger partial charge in [0, 0.05) is 31.4 Å². The number of carbonyl (C=O) groups is 1. The fraction of sp³-hybridized carbons (Fsp3) is 0.500. The van der Waals surface area contributed by atoms with Gasteiger partial charge in [0.05, 0.1) is 17.7 Å². The molecule has 1 fully saturated rings. The lowest BCUT2D eigenvalue weighted by Gasteiger charge is -2.22. The minimum atomic E-state index is 0.0283. The Labute approximate surface area is 119 Å². The largest absolute Gasteiger partial charge is 0.395 e. The number of pyridine rings is 1. The zero-order chi connectivity index (χ0) is 14.4. The molecule has 0 radical (unpaired) electrons. The number of carbonyl (C=O) groups excluding carboxylic acids is 1. The fourth-order valence-electron chi connectivity index (χ4n) is 2.13. The lowest BCUT2D eigenvalue weighted by Crippen LogP contribution is -2.34. The fourth-order valence-corrected chi connectivity index (χ4v) is 2.13. The summed E-state index contributed by atoms with van der Waals surface area (Å²) in [6.45, 7) is 2.90. The summed E-state index contributed by atoms with van der Waals surface area (Å²) in [5.41, 5.74) is 1.26. The molecule has 1 N–H and O–H groups in total. The van der Waals surface area contributed by atoms with Crippen LogP contribution in [-0.2, 0) is 0 Å². The standard InChI is InChI=1S/C16H20N2O2/c1-2-10-18(14-6-7-14)16(20)15-8-9-17-12-13(15)5-3-4-11-19/h8-9,12,14,19H,2,4,6-7,10-11H2,1H3. The van der Waals surface area contributed by atoms with Gasteiger partial charge >= 0.3 is 0 Å². The molecule has 0 atom stereocenters. The summed E-state index contributed by atoms with van der Waals surface area (Å²) in [5, 5.41) is 8.77. The van der Waals surface area contributed by atoms with Gasteiger partial charge in [0.1, 0.15) is 0 Å². The minimum Gasteiger partial charge on any atom is -0.395 e. The van der Waals surface area contributed by atoms with E-state index in [9.17, 15) is 4.79 Å². The average Bonchev–Trinajstić information content (AvgIpc) is 3.29. The number of nitrogens with zero attached hydrogens (tertiary/aromatic N) is 2. The van der Waals surface area contributed by atoms with Crippen LogP contribution in [-0.4, -0.2) is 40.1 Å². The van der Waals surface area contributed by atoms with Gasteiger partial charge in [-0.15, -0.1) is 0 Å². The first-order valence-corrected chi connectivity index (χ1v) is 7.12. The van der Waals surface area contributed by atoms with E-state index >= 15 is 0 Å². The van der Waals surface area contributed by atoms with Crippen molar-refractivity contribution in [2.75, 3.05) is 13.2 Å². The maximum atomic E-state index is 12.7. The van der Waals surface area contributed by atoms with E-state index < -0.39 is 0 Å². The zero-order valence-electron chi connectivity index (χ0n) is 11.8. The van der Waals surface area contributed by atoms with Crippen molar-refractivity contribution in [3.05, 3.63) is 29.6 Å². The van der Waals surface area contributed by atoms with E-state index in [-0.39, 0.29) is 12.5 Å². The van der Waals surface area contributed by atoms with Gasteiger partial charge in [0.2, 0.25) is 0 Å². The average molecular weight is 272 g/mol. The summed E-state index contributed by atoms with van der Waals surface area (Å²) in [7, 11) is 0. The molecule has 0 spiro atoms. The van der Waals surface area contributed by atoms with E-state index in [4.69, 9.17) is 5.11 Å². The molecule has 0 aliphatic heterocycles. The molecule has 106 valence electrons. The van der Waals surface area contributed by atoms with Crippen molar-refractivity contribution in [3.8, 4) is 11.8 Å². The van der Waals surface area contributed by atoms with E-state index in [1.165, 1.54) is 0 Å². The van der Waals surface area contributed by atoms with Crippen molar-refractivity contribution in [1.29, 1.82) is 0 Å². The van der Waals surface area contributed by atoms with E-state index in [2.05, 4.69) is 23.7 Å².